The Hall–Kier alpha value is -1.77. The van der Waals surface area contributed by atoms with Crippen molar-refractivity contribution in [1.29, 1.82) is 0 Å². The van der Waals surface area contributed by atoms with Crippen LogP contribution in [0.1, 0.15) is 30.7 Å². The molecule has 134 valence electrons. The lowest BCUT2D eigenvalue weighted by molar-refractivity contribution is -0.117. The van der Waals surface area contributed by atoms with Gasteiger partial charge < -0.3 is 5.73 Å². The highest BCUT2D eigenvalue weighted by molar-refractivity contribution is 7.89. The quantitative estimate of drug-likeness (QED) is 0.863. The highest BCUT2D eigenvalue weighted by atomic mass is 32.2. The highest BCUT2D eigenvalue weighted by Gasteiger charge is 2.25. The molecule has 2 heterocycles. The number of hydrogen-bond acceptors (Lipinski definition) is 5. The van der Waals surface area contributed by atoms with Crippen molar-refractivity contribution in [3.05, 3.63) is 34.7 Å². The average Bonchev–Trinajstić information content (AvgIpc) is 2.86. The Morgan fingerprint density at radius 1 is 1.12 bits per heavy atom. The number of aromatic nitrogens is 1. The number of primary amides is 1. The zero-order valence-electron chi connectivity index (χ0n) is 13.8. The minimum Gasteiger partial charge on any atom is -0.369 e. The van der Waals surface area contributed by atoms with Crippen molar-refractivity contribution in [2.24, 2.45) is 5.73 Å². The number of nitrogens with two attached hydrogens (primary N) is 1. The minimum atomic E-state index is -3.44. The molecule has 1 amide bonds. The minimum absolute atomic E-state index is 0.117. The molecule has 0 aliphatic carbocycles. The number of carbonyl (C=O) groups is 1. The summed E-state index contributed by atoms with van der Waals surface area (Å²) in [7, 11) is -3.44. The summed E-state index contributed by atoms with van der Waals surface area (Å²) in [6.07, 6.45) is 4.12. The van der Waals surface area contributed by atoms with Crippen LogP contribution in [0.2, 0.25) is 0 Å². The van der Waals surface area contributed by atoms with Crippen molar-refractivity contribution < 1.29 is 13.2 Å². The number of amides is 1. The van der Waals surface area contributed by atoms with Crippen LogP contribution in [0.4, 0.5) is 0 Å². The molecule has 0 bridgehead atoms. The zero-order chi connectivity index (χ0) is 17.9. The van der Waals surface area contributed by atoms with E-state index in [4.69, 9.17) is 5.73 Å². The van der Waals surface area contributed by atoms with E-state index in [9.17, 15) is 13.2 Å². The number of sulfonamides is 1. The first-order valence-corrected chi connectivity index (χ1v) is 10.6. The molecule has 0 unspecified atom stereocenters. The summed E-state index contributed by atoms with van der Waals surface area (Å²) in [4.78, 5) is 15.6. The second-order valence-corrected chi connectivity index (χ2v) is 8.99. The van der Waals surface area contributed by atoms with Crippen molar-refractivity contribution in [1.82, 2.24) is 9.29 Å². The van der Waals surface area contributed by atoms with Crippen molar-refractivity contribution in [2.45, 2.75) is 37.0 Å². The molecule has 0 atom stereocenters. The van der Waals surface area contributed by atoms with E-state index < -0.39 is 15.9 Å². The monoisotopic (exact) mass is 379 g/mol. The van der Waals surface area contributed by atoms with Gasteiger partial charge in [-0.2, -0.15) is 4.31 Å². The lowest BCUT2D eigenvalue weighted by Gasteiger charge is -2.19. The van der Waals surface area contributed by atoms with Gasteiger partial charge in [0.1, 0.15) is 5.01 Å². The fourth-order valence-corrected chi connectivity index (χ4v) is 5.23. The molecule has 2 N–H and O–H groups in total. The Morgan fingerprint density at radius 3 is 2.36 bits per heavy atom. The Kier molecular flexibility index (Phi) is 5.51. The van der Waals surface area contributed by atoms with Gasteiger partial charge >= 0.3 is 0 Å². The molecule has 1 fully saturated rings. The predicted molar refractivity (Wildman–Crippen MR) is 97.7 cm³/mol. The molecule has 8 heteroatoms. The van der Waals surface area contributed by atoms with Crippen LogP contribution in [0, 0.1) is 0 Å². The zero-order valence-corrected chi connectivity index (χ0v) is 15.5. The molecular formula is C17H21N3O3S2. The molecule has 1 aliphatic rings. The van der Waals surface area contributed by atoms with Crippen LogP contribution in [-0.2, 0) is 21.2 Å². The van der Waals surface area contributed by atoms with Gasteiger partial charge in [0.15, 0.2) is 0 Å². The summed E-state index contributed by atoms with van der Waals surface area (Å²) in [6.45, 7) is 1.18. The average molecular weight is 380 g/mol. The first-order chi connectivity index (χ1) is 12.0. The highest BCUT2D eigenvalue weighted by Crippen LogP contribution is 2.25. The van der Waals surface area contributed by atoms with Crippen LogP contribution in [0.5, 0.6) is 0 Å². The number of thiazole rings is 1. The Balaban J connectivity index is 1.79. The van der Waals surface area contributed by atoms with Crippen molar-refractivity contribution in [3.8, 4) is 11.3 Å². The second-order valence-electron chi connectivity index (χ2n) is 6.11. The van der Waals surface area contributed by atoms with Crippen LogP contribution < -0.4 is 5.73 Å². The topological polar surface area (TPSA) is 93.4 Å². The fraction of sp³-hybridized carbons (Fsp3) is 0.412. The maximum absolute atomic E-state index is 12.8. The second kappa shape index (κ2) is 7.63. The van der Waals surface area contributed by atoms with Crippen molar-refractivity contribution >= 4 is 27.3 Å². The van der Waals surface area contributed by atoms with E-state index >= 15 is 0 Å². The van der Waals surface area contributed by atoms with Crippen LogP contribution in [0.15, 0.2) is 34.5 Å². The van der Waals surface area contributed by atoms with E-state index in [-0.39, 0.29) is 6.42 Å². The summed E-state index contributed by atoms with van der Waals surface area (Å²) in [5.74, 6) is -0.417. The summed E-state index contributed by atoms with van der Waals surface area (Å²) in [5.41, 5.74) is 6.72. The van der Waals surface area contributed by atoms with Crippen LogP contribution in [-0.4, -0.2) is 36.7 Å². The number of rotatable bonds is 5. The van der Waals surface area contributed by atoms with E-state index in [1.54, 1.807) is 28.6 Å². The van der Waals surface area contributed by atoms with Gasteiger partial charge in [0.2, 0.25) is 15.9 Å². The van der Waals surface area contributed by atoms with Gasteiger partial charge in [-0.1, -0.05) is 25.0 Å². The van der Waals surface area contributed by atoms with Crippen molar-refractivity contribution in [2.75, 3.05) is 13.1 Å². The molecule has 1 aromatic heterocycles. The van der Waals surface area contributed by atoms with Gasteiger partial charge in [0.25, 0.3) is 0 Å². The van der Waals surface area contributed by atoms with Gasteiger partial charge in [-0.3, -0.25) is 4.79 Å². The van der Waals surface area contributed by atoms with E-state index in [1.165, 1.54) is 11.3 Å². The smallest absolute Gasteiger partial charge is 0.243 e. The summed E-state index contributed by atoms with van der Waals surface area (Å²) in [5, 5.41) is 2.50. The number of benzene rings is 1. The Labute approximate surface area is 151 Å². The molecule has 3 rings (SSSR count). The van der Waals surface area contributed by atoms with Gasteiger partial charge in [0, 0.05) is 24.0 Å². The molecular weight excluding hydrogens is 358 g/mol. The van der Waals surface area contributed by atoms with E-state index in [1.807, 2.05) is 5.38 Å². The lowest BCUT2D eigenvalue weighted by Crippen LogP contribution is -2.31. The van der Waals surface area contributed by atoms with Gasteiger partial charge in [0.05, 0.1) is 17.0 Å². The standard InChI is InChI=1S/C17H21N3O3S2/c18-16(21)11-17-19-15(12-24-17)13-5-7-14(8-6-13)25(22,23)20-9-3-1-2-4-10-20/h5-8,12H,1-4,9-11H2,(H2,18,21). The number of nitrogens with zero attached hydrogens (tertiary/aromatic N) is 2. The Bertz CT molecular complexity index is 836. The summed E-state index contributed by atoms with van der Waals surface area (Å²) >= 11 is 1.37. The Morgan fingerprint density at radius 2 is 1.76 bits per heavy atom. The molecule has 2 aromatic rings. The third-order valence-corrected chi connectivity index (χ3v) is 6.99. The molecule has 0 spiro atoms. The van der Waals surface area contributed by atoms with E-state index in [0.29, 0.717) is 23.0 Å². The molecule has 0 radical (unpaired) electrons. The largest absolute Gasteiger partial charge is 0.369 e. The van der Waals surface area contributed by atoms with Gasteiger partial charge in [-0.15, -0.1) is 11.3 Å². The first-order valence-electron chi connectivity index (χ1n) is 8.30. The third-order valence-electron chi connectivity index (χ3n) is 4.23. The summed E-state index contributed by atoms with van der Waals surface area (Å²) < 4.78 is 27.1. The molecule has 6 nitrogen and oxygen atoms in total. The van der Waals surface area contributed by atoms with Gasteiger partial charge in [-0.05, 0) is 25.0 Å². The van der Waals surface area contributed by atoms with E-state index in [2.05, 4.69) is 4.98 Å². The van der Waals surface area contributed by atoms with Gasteiger partial charge in [-0.25, -0.2) is 13.4 Å². The van der Waals surface area contributed by atoms with E-state index in [0.717, 1.165) is 36.9 Å². The maximum atomic E-state index is 12.8. The van der Waals surface area contributed by atoms with Crippen LogP contribution >= 0.6 is 11.3 Å². The predicted octanol–water partition coefficient (Wildman–Crippen LogP) is 2.40. The van der Waals surface area contributed by atoms with Crippen LogP contribution in [0.3, 0.4) is 0 Å². The third kappa shape index (κ3) is 4.26. The normalized spacial score (nSPS) is 16.5. The summed E-state index contributed by atoms with van der Waals surface area (Å²) in [6, 6.07) is 6.77. The molecule has 1 aliphatic heterocycles. The molecule has 25 heavy (non-hydrogen) atoms. The number of hydrogen-bond donors (Lipinski definition) is 1. The maximum Gasteiger partial charge on any atom is 0.243 e. The fourth-order valence-electron chi connectivity index (χ4n) is 2.90. The lowest BCUT2D eigenvalue weighted by atomic mass is 10.2. The first kappa shape index (κ1) is 18.0. The molecule has 1 aromatic carbocycles. The number of carbonyl (C=O) groups excluding carboxylic acids is 1. The molecule has 1 saturated heterocycles. The van der Waals surface area contributed by atoms with Crippen molar-refractivity contribution in [3.63, 3.8) is 0 Å². The van der Waals surface area contributed by atoms with Crippen LogP contribution in [0.25, 0.3) is 11.3 Å². The molecule has 0 saturated carbocycles. The SMILES string of the molecule is NC(=O)Cc1nc(-c2ccc(S(=O)(=O)N3CCCCCC3)cc2)cs1.